The highest BCUT2D eigenvalue weighted by Crippen LogP contribution is 2.68. The van der Waals surface area contributed by atoms with Gasteiger partial charge in [0.05, 0.1) is 0 Å². The molecule has 0 aliphatic heterocycles. The van der Waals surface area contributed by atoms with E-state index in [4.69, 9.17) is 5.11 Å². The summed E-state index contributed by atoms with van der Waals surface area (Å²) >= 11 is 0. The molecule has 0 atom stereocenters. The number of carboxylic acids is 1. The van der Waals surface area contributed by atoms with Crippen molar-refractivity contribution in [1.82, 2.24) is 0 Å². The van der Waals surface area contributed by atoms with Crippen LogP contribution in [0.3, 0.4) is 0 Å². The van der Waals surface area contributed by atoms with Crippen LogP contribution < -0.4 is 0 Å². The van der Waals surface area contributed by atoms with Crippen molar-refractivity contribution < 1.29 is 128 Å². The number of aliphatic carboxylic acids is 1. The lowest BCUT2D eigenvalue weighted by Crippen LogP contribution is -2.79. The fourth-order valence-corrected chi connectivity index (χ4v) is 2.28. The molecule has 258 valence electrons. The summed E-state index contributed by atoms with van der Waals surface area (Å²) < 4.78 is 354. The maximum Gasteiger partial charge on any atom is 0.460 e. The second-order valence-electron chi connectivity index (χ2n) is 7.70. The first kappa shape index (κ1) is 40.6. The van der Waals surface area contributed by atoms with Crippen molar-refractivity contribution in [3.8, 4) is 0 Å². The van der Waals surface area contributed by atoms with Crippen molar-refractivity contribution >= 4 is 5.97 Å². The quantitative estimate of drug-likeness (QED) is 0.163. The van der Waals surface area contributed by atoms with E-state index in [1.807, 2.05) is 0 Å². The second-order valence-corrected chi connectivity index (χ2v) is 7.70. The Kier molecular flexibility index (Phi) is 9.00. The Morgan fingerprint density at radius 3 is 0.558 bits per heavy atom. The lowest BCUT2D eigenvalue weighted by molar-refractivity contribution is -0.484. The van der Waals surface area contributed by atoms with Gasteiger partial charge in [0.15, 0.2) is 0 Å². The van der Waals surface area contributed by atoms with Crippen molar-refractivity contribution in [3.05, 3.63) is 0 Å². The topological polar surface area (TPSA) is 37.3 Å². The Balaban J connectivity index is 7.49. The van der Waals surface area contributed by atoms with Crippen LogP contribution in [0.5, 0.6) is 0 Å². The number of carbonyl (C=O) groups is 1. The smallest absolute Gasteiger partial charge is 0.460 e. The van der Waals surface area contributed by atoms with Crippen LogP contribution in [0, 0.1) is 0 Å². The Morgan fingerprint density at radius 2 is 0.419 bits per heavy atom. The highest BCUT2D eigenvalue weighted by atomic mass is 19.4. The Morgan fingerprint density at radius 1 is 0.279 bits per heavy atom. The van der Waals surface area contributed by atoms with E-state index in [0.29, 0.717) is 0 Å². The van der Waals surface area contributed by atoms with Gasteiger partial charge in [-0.2, -0.15) is 119 Å². The van der Waals surface area contributed by atoms with E-state index < -0.39 is 83.2 Å². The Bertz CT molecular complexity index is 1060. The van der Waals surface area contributed by atoms with Crippen LogP contribution in [0.1, 0.15) is 0 Å². The minimum Gasteiger partial charge on any atom is -0.477 e. The molecule has 0 bridgehead atoms. The molecule has 0 heterocycles. The van der Waals surface area contributed by atoms with E-state index in [2.05, 4.69) is 0 Å². The molecular formula is C14HF27O2. The molecule has 1 N–H and O–H groups in total. The molecule has 0 aromatic rings. The zero-order valence-corrected chi connectivity index (χ0v) is 18.1. The van der Waals surface area contributed by atoms with Gasteiger partial charge in [0.25, 0.3) is 0 Å². The van der Waals surface area contributed by atoms with E-state index in [1.165, 1.54) is 0 Å². The molecule has 0 unspecified atom stereocenters. The second kappa shape index (κ2) is 9.54. The Hall–Kier alpha value is -2.42. The fourth-order valence-electron chi connectivity index (χ4n) is 2.28. The van der Waals surface area contributed by atoms with Crippen LogP contribution in [0.2, 0.25) is 0 Å². The predicted octanol–water partition coefficient (Wildman–Crippen LogP) is 8.26. The van der Waals surface area contributed by atoms with Gasteiger partial charge in [-0.05, 0) is 0 Å². The largest absolute Gasteiger partial charge is 0.477 e. The normalized spacial score (nSPS) is 16.9. The third-order valence-corrected chi connectivity index (χ3v) is 4.96. The first-order valence-corrected chi connectivity index (χ1v) is 8.78. The lowest BCUT2D eigenvalue weighted by atomic mass is 9.84. The van der Waals surface area contributed by atoms with Crippen LogP contribution in [-0.2, 0) is 4.79 Å². The molecule has 0 amide bonds. The highest BCUT2D eigenvalue weighted by Gasteiger charge is 3.00. The lowest BCUT2D eigenvalue weighted by Gasteiger charge is -2.45. The molecule has 43 heavy (non-hydrogen) atoms. The zero-order valence-electron chi connectivity index (χ0n) is 18.1. The number of halogens is 27. The molecule has 0 aromatic carbocycles. The SMILES string of the molecule is O=[13C](O)C(F)(F)C(F)(F)C(F)(F)C(F)(F)C(F)(F)C(F)(F)C(F)(F)C(F)(F)C(F)(F)C(F)(F)C(F)(F)C(F)(F)C(F)(F)F. The molecular weight excluding hydrogens is 714 g/mol. The van der Waals surface area contributed by atoms with E-state index in [1.54, 1.807) is 0 Å². The van der Waals surface area contributed by atoms with E-state index >= 15 is 0 Å². The fraction of sp³-hybridized carbons (Fsp3) is 0.929. The van der Waals surface area contributed by atoms with Gasteiger partial charge in [-0.15, -0.1) is 0 Å². The summed E-state index contributed by atoms with van der Waals surface area (Å²) in [4.78, 5) is 9.89. The van der Waals surface area contributed by atoms with E-state index in [-0.39, 0.29) is 0 Å². The number of carboxylic acid groups (broad SMARTS) is 1. The maximum atomic E-state index is 13.5. The van der Waals surface area contributed by atoms with Gasteiger partial charge in [0, 0.05) is 0 Å². The molecule has 0 saturated carbocycles. The van der Waals surface area contributed by atoms with Gasteiger partial charge in [0.1, 0.15) is 0 Å². The molecule has 2 nitrogen and oxygen atoms in total. The average Bonchev–Trinajstić information content (AvgIpc) is 2.76. The number of alkyl halides is 27. The van der Waals surface area contributed by atoms with Crippen molar-refractivity contribution in [2.24, 2.45) is 0 Å². The molecule has 0 spiro atoms. The summed E-state index contributed by atoms with van der Waals surface area (Å²) in [7, 11) is 0. The summed E-state index contributed by atoms with van der Waals surface area (Å²) in [5, 5.41) is 7.64. The van der Waals surface area contributed by atoms with Gasteiger partial charge < -0.3 is 5.11 Å². The van der Waals surface area contributed by atoms with Gasteiger partial charge in [-0.1, -0.05) is 0 Å². The van der Waals surface area contributed by atoms with Crippen molar-refractivity contribution in [2.75, 3.05) is 0 Å². The van der Waals surface area contributed by atoms with E-state index in [0.717, 1.165) is 0 Å². The molecule has 0 saturated heterocycles. The molecule has 0 aliphatic rings. The van der Waals surface area contributed by atoms with Crippen LogP contribution in [0.4, 0.5) is 119 Å². The monoisotopic (exact) mass is 715 g/mol. The van der Waals surface area contributed by atoms with Crippen molar-refractivity contribution in [3.63, 3.8) is 0 Å². The van der Waals surface area contributed by atoms with Crippen LogP contribution in [0.15, 0.2) is 0 Å². The standard InChI is InChI=1S/C14HF27O2/c15-2(16,1(42)43)3(17,18)4(19,20)5(21,22)6(23,24)7(25,26)8(27,28)9(29,30)10(31,32)11(33,34)12(35,36)13(37,38)14(39,40)41/h(H,42,43)/i1+1. The maximum absolute atomic E-state index is 13.5. The summed E-state index contributed by atoms with van der Waals surface area (Å²) in [6, 6.07) is 0. The van der Waals surface area contributed by atoms with Crippen LogP contribution >= 0.6 is 0 Å². The van der Waals surface area contributed by atoms with Gasteiger partial charge in [-0.25, -0.2) is 4.79 Å². The highest BCUT2D eigenvalue weighted by molar-refractivity contribution is 5.77. The number of hydrogen-bond donors (Lipinski definition) is 1. The van der Waals surface area contributed by atoms with Crippen LogP contribution in [0.25, 0.3) is 0 Å². The minimum atomic E-state index is -9.86. The van der Waals surface area contributed by atoms with Gasteiger partial charge in [-0.3, -0.25) is 0 Å². The number of rotatable bonds is 12. The third-order valence-electron chi connectivity index (χ3n) is 4.96. The average molecular weight is 715 g/mol. The van der Waals surface area contributed by atoms with Gasteiger partial charge in [0.2, 0.25) is 0 Å². The predicted molar refractivity (Wildman–Crippen MR) is 73.1 cm³/mol. The molecule has 29 heteroatoms. The molecule has 0 aliphatic carbocycles. The summed E-state index contributed by atoms with van der Waals surface area (Å²) in [5.74, 6) is -116. The van der Waals surface area contributed by atoms with Gasteiger partial charge >= 0.3 is 83.2 Å². The molecule has 0 rings (SSSR count). The molecule has 0 radical (unpaired) electrons. The Labute approximate surface area is 213 Å². The molecule has 0 fully saturated rings. The summed E-state index contributed by atoms with van der Waals surface area (Å²) in [6.07, 6.45) is -8.26. The van der Waals surface area contributed by atoms with Crippen molar-refractivity contribution in [1.29, 1.82) is 0 Å². The van der Waals surface area contributed by atoms with Crippen molar-refractivity contribution in [2.45, 2.75) is 77.2 Å². The first-order valence-electron chi connectivity index (χ1n) is 8.78. The van der Waals surface area contributed by atoms with Crippen LogP contribution in [-0.4, -0.2) is 88.3 Å². The summed E-state index contributed by atoms with van der Waals surface area (Å²) in [6.45, 7) is 0. The molecule has 0 aromatic heterocycles. The number of hydrogen-bond acceptors (Lipinski definition) is 1. The third kappa shape index (κ3) is 4.49. The minimum absolute atomic E-state index is 4.72. The zero-order chi connectivity index (χ0) is 36.1. The van der Waals surface area contributed by atoms with E-state index in [9.17, 15) is 123 Å². The summed E-state index contributed by atoms with van der Waals surface area (Å²) in [5.41, 5.74) is 0. The first-order chi connectivity index (χ1) is 17.9.